The third kappa shape index (κ3) is 8.00. The predicted octanol–water partition coefficient (Wildman–Crippen LogP) is 3.86. The van der Waals surface area contributed by atoms with Crippen molar-refractivity contribution in [2.24, 2.45) is 4.99 Å². The van der Waals surface area contributed by atoms with Crippen LogP contribution in [0.4, 0.5) is 4.39 Å². The molecule has 0 aliphatic carbocycles. The molecule has 0 aliphatic rings. The van der Waals surface area contributed by atoms with Gasteiger partial charge in [0.2, 0.25) is 0 Å². The maximum absolute atomic E-state index is 13.6. The van der Waals surface area contributed by atoms with E-state index in [2.05, 4.69) is 27.4 Å². The van der Waals surface area contributed by atoms with Crippen molar-refractivity contribution in [3.8, 4) is 0 Å². The van der Waals surface area contributed by atoms with Crippen LogP contribution in [0.25, 0.3) is 0 Å². The summed E-state index contributed by atoms with van der Waals surface area (Å²) >= 11 is 1.77. The molecule has 0 amide bonds. The molecular formula is C20H31FIN5S. The second-order valence-corrected chi connectivity index (χ2v) is 7.70. The van der Waals surface area contributed by atoms with E-state index in [9.17, 15) is 4.39 Å². The number of nitrogens with zero attached hydrogens (tertiary/aromatic N) is 3. The third-order valence-electron chi connectivity index (χ3n) is 4.20. The summed E-state index contributed by atoms with van der Waals surface area (Å²) in [5, 5.41) is 7.78. The molecule has 0 saturated carbocycles. The van der Waals surface area contributed by atoms with Crippen LogP contribution in [0.5, 0.6) is 0 Å². The van der Waals surface area contributed by atoms with E-state index in [1.807, 2.05) is 33.3 Å². The zero-order valence-electron chi connectivity index (χ0n) is 17.0. The summed E-state index contributed by atoms with van der Waals surface area (Å²) in [6, 6.07) is 6.74. The van der Waals surface area contributed by atoms with Crippen LogP contribution in [-0.4, -0.2) is 49.6 Å². The maximum atomic E-state index is 13.6. The Kier molecular flexibility index (Phi) is 11.6. The van der Waals surface area contributed by atoms with Crippen molar-refractivity contribution in [1.82, 2.24) is 20.5 Å². The van der Waals surface area contributed by atoms with Gasteiger partial charge in [-0.1, -0.05) is 19.1 Å². The van der Waals surface area contributed by atoms with E-state index in [-0.39, 0.29) is 35.8 Å². The number of halogens is 2. The largest absolute Gasteiger partial charge is 0.357 e. The lowest BCUT2D eigenvalue weighted by Crippen LogP contribution is -2.39. The summed E-state index contributed by atoms with van der Waals surface area (Å²) in [4.78, 5) is 12.5. The van der Waals surface area contributed by atoms with Gasteiger partial charge in [0.05, 0.1) is 17.6 Å². The standard InChI is InChI=1S/C20H30FN5S.HI/c1-5-17-13-24-19(27-17)10-11-23-20(22-6-2)25-14-18(26(3)4)15-8-7-9-16(21)12-15;/h7-9,12-13,18H,5-6,10-11,14H2,1-4H3,(H2,22,23,25);1H. The highest BCUT2D eigenvalue weighted by Crippen LogP contribution is 2.19. The maximum Gasteiger partial charge on any atom is 0.191 e. The lowest BCUT2D eigenvalue weighted by Gasteiger charge is -2.23. The number of rotatable bonds is 9. The topological polar surface area (TPSA) is 52.6 Å². The Bertz CT molecular complexity index is 735. The first kappa shape index (κ1) is 24.8. The van der Waals surface area contributed by atoms with Crippen LogP contribution >= 0.6 is 35.3 Å². The fourth-order valence-electron chi connectivity index (χ4n) is 2.72. The van der Waals surface area contributed by atoms with Crippen LogP contribution in [0.2, 0.25) is 0 Å². The van der Waals surface area contributed by atoms with Gasteiger partial charge < -0.3 is 15.5 Å². The minimum Gasteiger partial charge on any atom is -0.357 e. The quantitative estimate of drug-likeness (QED) is 0.300. The number of hydrogen-bond donors (Lipinski definition) is 2. The number of guanidine groups is 1. The van der Waals surface area contributed by atoms with Crippen molar-refractivity contribution in [3.05, 3.63) is 51.7 Å². The average molecular weight is 519 g/mol. The van der Waals surface area contributed by atoms with Gasteiger partial charge in [-0.15, -0.1) is 35.3 Å². The molecule has 0 fully saturated rings. The van der Waals surface area contributed by atoms with Crippen LogP contribution in [0.3, 0.4) is 0 Å². The molecule has 8 heteroatoms. The molecule has 1 unspecified atom stereocenters. The first-order valence-electron chi connectivity index (χ1n) is 9.41. The lowest BCUT2D eigenvalue weighted by atomic mass is 10.1. The molecule has 5 nitrogen and oxygen atoms in total. The van der Waals surface area contributed by atoms with Crippen LogP contribution in [0.15, 0.2) is 35.5 Å². The van der Waals surface area contributed by atoms with Crippen LogP contribution < -0.4 is 10.6 Å². The molecule has 0 spiro atoms. The second-order valence-electron chi connectivity index (χ2n) is 6.50. The normalized spacial score (nSPS) is 12.6. The SMILES string of the molecule is CCNC(=NCC(c1cccc(F)c1)N(C)C)NCCc1ncc(CC)s1.I. The monoisotopic (exact) mass is 519 g/mol. The summed E-state index contributed by atoms with van der Waals surface area (Å²) in [6.45, 7) is 6.29. The Hall–Kier alpha value is -1.26. The van der Waals surface area contributed by atoms with Gasteiger partial charge >= 0.3 is 0 Å². The van der Waals surface area contributed by atoms with Crippen molar-refractivity contribution in [3.63, 3.8) is 0 Å². The molecule has 156 valence electrons. The van der Waals surface area contributed by atoms with Crippen LogP contribution in [-0.2, 0) is 12.8 Å². The number of thiazole rings is 1. The molecule has 1 aromatic heterocycles. The number of hydrogen-bond acceptors (Lipinski definition) is 4. The zero-order chi connectivity index (χ0) is 19.6. The summed E-state index contributed by atoms with van der Waals surface area (Å²) in [5.74, 6) is 0.552. The highest BCUT2D eigenvalue weighted by atomic mass is 127. The van der Waals surface area contributed by atoms with Gasteiger partial charge in [-0.2, -0.15) is 0 Å². The Labute approximate surface area is 188 Å². The summed E-state index contributed by atoms with van der Waals surface area (Å²) < 4.78 is 13.6. The van der Waals surface area contributed by atoms with Gasteiger partial charge in [0.25, 0.3) is 0 Å². The molecule has 2 rings (SSSR count). The van der Waals surface area contributed by atoms with Gasteiger partial charge in [0.1, 0.15) is 5.82 Å². The number of nitrogens with one attached hydrogen (secondary N) is 2. The van der Waals surface area contributed by atoms with Crippen molar-refractivity contribution in [1.29, 1.82) is 0 Å². The molecule has 2 aromatic rings. The first-order valence-corrected chi connectivity index (χ1v) is 10.2. The van der Waals surface area contributed by atoms with Crippen molar-refractivity contribution in [2.45, 2.75) is 32.7 Å². The highest BCUT2D eigenvalue weighted by Gasteiger charge is 2.14. The molecule has 1 atom stereocenters. The van der Waals surface area contributed by atoms with Crippen LogP contribution in [0, 0.1) is 5.82 Å². The van der Waals surface area contributed by atoms with E-state index in [0.717, 1.165) is 42.5 Å². The number of aliphatic imine (C=N–C) groups is 1. The molecule has 1 heterocycles. The van der Waals surface area contributed by atoms with Gasteiger partial charge in [-0.3, -0.25) is 4.99 Å². The Balaban J connectivity index is 0.00000392. The van der Waals surface area contributed by atoms with E-state index in [1.165, 1.54) is 10.9 Å². The van der Waals surface area contributed by atoms with Crippen molar-refractivity contribution < 1.29 is 4.39 Å². The number of aryl methyl sites for hydroxylation is 1. The van der Waals surface area contributed by atoms with E-state index in [1.54, 1.807) is 23.5 Å². The number of likely N-dealkylation sites (N-methyl/N-ethyl adjacent to an activating group) is 1. The average Bonchev–Trinajstić information content (AvgIpc) is 3.09. The summed E-state index contributed by atoms with van der Waals surface area (Å²) in [7, 11) is 3.97. The molecule has 2 N–H and O–H groups in total. The molecule has 0 bridgehead atoms. The van der Waals surface area contributed by atoms with E-state index in [0.29, 0.717) is 6.54 Å². The minimum absolute atomic E-state index is 0. The fraction of sp³-hybridized carbons (Fsp3) is 0.500. The molecule has 28 heavy (non-hydrogen) atoms. The fourth-order valence-corrected chi connectivity index (χ4v) is 3.58. The number of aromatic nitrogens is 1. The summed E-state index contributed by atoms with van der Waals surface area (Å²) in [6.07, 6.45) is 3.86. The summed E-state index contributed by atoms with van der Waals surface area (Å²) in [5.41, 5.74) is 0.925. The smallest absolute Gasteiger partial charge is 0.191 e. The van der Waals surface area contributed by atoms with E-state index >= 15 is 0 Å². The lowest BCUT2D eigenvalue weighted by molar-refractivity contribution is 0.305. The highest BCUT2D eigenvalue weighted by molar-refractivity contribution is 14.0. The van der Waals surface area contributed by atoms with E-state index in [4.69, 9.17) is 4.99 Å². The first-order chi connectivity index (χ1) is 13.0. The van der Waals surface area contributed by atoms with Crippen molar-refractivity contribution >= 4 is 41.3 Å². The predicted molar refractivity (Wildman–Crippen MR) is 127 cm³/mol. The molecule has 0 radical (unpaired) electrons. The van der Waals surface area contributed by atoms with Gasteiger partial charge in [0.15, 0.2) is 5.96 Å². The Morgan fingerprint density at radius 2 is 2.07 bits per heavy atom. The Morgan fingerprint density at radius 1 is 1.29 bits per heavy atom. The molecule has 0 aliphatic heterocycles. The van der Waals surface area contributed by atoms with Gasteiger partial charge in [-0.05, 0) is 45.1 Å². The van der Waals surface area contributed by atoms with Crippen LogP contribution in [0.1, 0.15) is 35.3 Å². The van der Waals surface area contributed by atoms with Gasteiger partial charge in [0, 0.05) is 30.6 Å². The zero-order valence-corrected chi connectivity index (χ0v) is 20.2. The molecule has 1 aromatic carbocycles. The van der Waals surface area contributed by atoms with Gasteiger partial charge in [-0.25, -0.2) is 9.37 Å². The third-order valence-corrected chi connectivity index (χ3v) is 5.41. The van der Waals surface area contributed by atoms with Crippen molar-refractivity contribution in [2.75, 3.05) is 33.7 Å². The number of benzene rings is 1. The molecule has 0 saturated heterocycles. The Morgan fingerprint density at radius 3 is 2.68 bits per heavy atom. The second kappa shape index (κ2) is 13.1. The van der Waals surface area contributed by atoms with E-state index < -0.39 is 0 Å². The minimum atomic E-state index is -0.219. The molecular weight excluding hydrogens is 488 g/mol.